The zero-order valence-corrected chi connectivity index (χ0v) is 25.2. The molecule has 1 aliphatic heterocycles. The van der Waals surface area contributed by atoms with Crippen molar-refractivity contribution >= 4 is 60.0 Å². The van der Waals surface area contributed by atoms with Crippen molar-refractivity contribution in [3.63, 3.8) is 0 Å². The third kappa shape index (κ3) is 5.43. The smallest absolute Gasteiger partial charge is 0.268 e. The van der Waals surface area contributed by atoms with Crippen molar-refractivity contribution in [1.82, 2.24) is 13.9 Å². The van der Waals surface area contributed by atoms with Crippen LogP contribution in [0.4, 0.5) is 0 Å². The van der Waals surface area contributed by atoms with E-state index < -0.39 is 21.5 Å². The molecule has 0 N–H and O–H groups in total. The topological polar surface area (TPSA) is 72.3 Å². The molecule has 0 bridgehead atoms. The summed E-state index contributed by atoms with van der Waals surface area (Å²) in [6.07, 6.45) is 3.57. The first kappa shape index (κ1) is 27.6. The van der Waals surface area contributed by atoms with E-state index in [4.69, 9.17) is 28.2 Å². The molecular weight excluding hydrogens is 621 g/mol. The summed E-state index contributed by atoms with van der Waals surface area (Å²) in [5, 5.41) is 0.995. The molecule has 0 atom stereocenters. The number of hydrogen-bond donors (Lipinski definition) is 0. The van der Waals surface area contributed by atoms with Crippen LogP contribution in [-0.2, 0) is 21.2 Å². The largest absolute Gasteiger partial charge is 0.303 e. The van der Waals surface area contributed by atoms with E-state index in [1.54, 1.807) is 51.1 Å². The summed E-state index contributed by atoms with van der Waals surface area (Å²) in [4.78, 5) is 17.6. The Morgan fingerprint density at radius 1 is 0.974 bits per heavy atom. The van der Waals surface area contributed by atoms with Crippen LogP contribution in [0.1, 0.15) is 37.7 Å². The quantitative estimate of drug-likeness (QED) is 0.225. The van der Waals surface area contributed by atoms with Gasteiger partial charge in [-0.15, -0.1) is 0 Å². The number of carbonyl (C=O) groups is 1. The van der Waals surface area contributed by atoms with Gasteiger partial charge in [-0.1, -0.05) is 63.4 Å². The maximum Gasteiger partial charge on any atom is 0.268 e. The van der Waals surface area contributed by atoms with E-state index in [-0.39, 0.29) is 4.91 Å². The fraction of sp³-hybridized carbons (Fsp3) is 0.172. The van der Waals surface area contributed by atoms with Crippen LogP contribution in [0.15, 0.2) is 83.5 Å². The highest BCUT2D eigenvalue weighted by Crippen LogP contribution is 2.37. The number of nitrogens with zero attached hydrogens (tertiary/aromatic N) is 3. The van der Waals surface area contributed by atoms with Crippen LogP contribution < -0.4 is 0 Å². The molecule has 1 amide bonds. The van der Waals surface area contributed by atoms with E-state index >= 15 is 0 Å². The van der Waals surface area contributed by atoms with Crippen molar-refractivity contribution in [2.75, 3.05) is 0 Å². The molecule has 3 aromatic carbocycles. The van der Waals surface area contributed by atoms with Crippen LogP contribution in [0.2, 0.25) is 10.0 Å². The number of benzene rings is 3. The van der Waals surface area contributed by atoms with Crippen LogP contribution in [0, 0.1) is 0 Å². The van der Waals surface area contributed by atoms with Gasteiger partial charge in [0, 0.05) is 39.4 Å². The average molecular weight is 645 g/mol. The van der Waals surface area contributed by atoms with Gasteiger partial charge in [0.1, 0.15) is 10.7 Å². The summed E-state index contributed by atoms with van der Waals surface area (Å²) in [7, 11) is -4.01. The molecule has 0 unspecified atom stereocenters. The van der Waals surface area contributed by atoms with Gasteiger partial charge in [-0.2, -0.15) is 0 Å². The third-order valence-electron chi connectivity index (χ3n) is 6.25. The fourth-order valence-electron chi connectivity index (χ4n) is 4.57. The van der Waals surface area contributed by atoms with Crippen molar-refractivity contribution in [3.8, 4) is 16.9 Å². The maximum atomic E-state index is 13.4. The summed E-state index contributed by atoms with van der Waals surface area (Å²) in [5.41, 5.74) is 2.64. The summed E-state index contributed by atoms with van der Waals surface area (Å²) in [6.45, 7) is 5.08. The number of amides is 1. The van der Waals surface area contributed by atoms with E-state index in [1.165, 1.54) is 6.08 Å². The highest BCUT2D eigenvalue weighted by atomic mass is 79.9. The Balaban J connectivity index is 1.62. The van der Waals surface area contributed by atoms with Crippen LogP contribution >= 0.6 is 39.1 Å². The number of imidazole rings is 1. The van der Waals surface area contributed by atoms with E-state index in [9.17, 15) is 13.2 Å². The minimum atomic E-state index is -4.01. The Labute approximate surface area is 246 Å². The highest BCUT2D eigenvalue weighted by molar-refractivity contribution is 9.10. The molecule has 200 valence electrons. The second-order valence-corrected chi connectivity index (χ2v) is 13.7. The molecule has 5 rings (SSSR count). The molecule has 1 aliphatic rings. The van der Waals surface area contributed by atoms with Crippen molar-refractivity contribution in [1.29, 1.82) is 0 Å². The van der Waals surface area contributed by atoms with Crippen molar-refractivity contribution < 1.29 is 13.2 Å². The second-order valence-electron chi connectivity index (χ2n) is 10.2. The van der Waals surface area contributed by atoms with Gasteiger partial charge in [-0.05, 0) is 74.4 Å². The first-order valence-electron chi connectivity index (χ1n) is 12.0. The van der Waals surface area contributed by atoms with Crippen LogP contribution in [0.3, 0.4) is 0 Å². The van der Waals surface area contributed by atoms with Gasteiger partial charge >= 0.3 is 0 Å². The van der Waals surface area contributed by atoms with Crippen LogP contribution in [0.25, 0.3) is 21.8 Å². The molecule has 6 nitrogen and oxygen atoms in total. The molecule has 0 aliphatic carbocycles. The van der Waals surface area contributed by atoms with Crippen molar-refractivity contribution in [3.05, 3.63) is 110 Å². The zero-order valence-electron chi connectivity index (χ0n) is 21.3. The lowest BCUT2D eigenvalue weighted by Crippen LogP contribution is -2.45. The molecule has 0 spiro atoms. The number of hydrogen-bond acceptors (Lipinski definition) is 4. The standard InChI is InChI=1S/C29H24BrCl2N3O3S/c1-29(2,3)35-28(36)16-26(39(35,37)38)19-5-4-6-22(14-19)34-17-25(23-12-11-21(31)15-24(23)32)33-27(34)13-18-7-9-20(30)10-8-18/h4-12,14-17H,13H2,1-3H3. The summed E-state index contributed by atoms with van der Waals surface area (Å²) < 4.78 is 30.6. The zero-order chi connectivity index (χ0) is 28.1. The molecular formula is C29H24BrCl2N3O3S. The molecule has 4 aromatic rings. The third-order valence-corrected chi connectivity index (χ3v) is 9.45. The van der Waals surface area contributed by atoms with Crippen LogP contribution in [0.5, 0.6) is 0 Å². The number of halogens is 3. The maximum absolute atomic E-state index is 13.4. The first-order chi connectivity index (χ1) is 18.3. The molecule has 0 saturated heterocycles. The van der Waals surface area contributed by atoms with Gasteiger partial charge in [-0.3, -0.25) is 4.79 Å². The Hall–Kier alpha value is -2.91. The van der Waals surface area contributed by atoms with Gasteiger partial charge < -0.3 is 4.57 Å². The Bertz CT molecular complexity index is 1740. The SMILES string of the molecule is CC(C)(C)N1C(=O)C=C(c2cccc(-n3cc(-c4ccc(Cl)cc4Cl)nc3Cc3ccc(Br)cc3)c2)S1(=O)=O. The molecule has 2 heterocycles. The van der Waals surface area contributed by atoms with E-state index in [2.05, 4.69) is 15.9 Å². The molecule has 10 heteroatoms. The molecule has 39 heavy (non-hydrogen) atoms. The molecule has 0 fully saturated rings. The van der Waals surface area contributed by atoms with Gasteiger partial charge in [0.15, 0.2) is 0 Å². The van der Waals surface area contributed by atoms with Gasteiger partial charge in [0.25, 0.3) is 15.9 Å². The first-order valence-corrected chi connectivity index (χ1v) is 15.0. The lowest BCUT2D eigenvalue weighted by atomic mass is 10.1. The van der Waals surface area contributed by atoms with Gasteiger partial charge in [-0.25, -0.2) is 17.7 Å². The predicted octanol–water partition coefficient (Wildman–Crippen LogP) is 7.51. The second kappa shape index (κ2) is 10.2. The normalized spacial score (nSPS) is 15.1. The van der Waals surface area contributed by atoms with E-state index in [1.807, 2.05) is 47.2 Å². The predicted molar refractivity (Wildman–Crippen MR) is 159 cm³/mol. The molecule has 1 aromatic heterocycles. The van der Waals surface area contributed by atoms with E-state index in [0.717, 1.165) is 25.7 Å². The number of carbonyl (C=O) groups excluding carboxylic acids is 1. The molecule has 0 saturated carbocycles. The highest BCUT2D eigenvalue weighted by Gasteiger charge is 2.44. The minimum absolute atomic E-state index is 0.0279. The summed E-state index contributed by atoms with van der Waals surface area (Å²) >= 11 is 16.1. The lowest BCUT2D eigenvalue weighted by Gasteiger charge is -2.30. The van der Waals surface area contributed by atoms with E-state index in [0.29, 0.717) is 33.4 Å². The Kier molecular flexibility index (Phi) is 7.26. The number of rotatable bonds is 5. The minimum Gasteiger partial charge on any atom is -0.303 e. The lowest BCUT2D eigenvalue weighted by molar-refractivity contribution is -0.123. The Morgan fingerprint density at radius 3 is 2.33 bits per heavy atom. The van der Waals surface area contributed by atoms with Gasteiger partial charge in [0.05, 0.1) is 16.3 Å². The number of aromatic nitrogens is 2. The fourth-order valence-corrected chi connectivity index (χ4v) is 7.22. The molecule has 0 radical (unpaired) electrons. The monoisotopic (exact) mass is 643 g/mol. The Morgan fingerprint density at radius 2 is 1.69 bits per heavy atom. The van der Waals surface area contributed by atoms with Crippen molar-refractivity contribution in [2.45, 2.75) is 32.7 Å². The van der Waals surface area contributed by atoms with Crippen LogP contribution in [-0.4, -0.2) is 33.7 Å². The van der Waals surface area contributed by atoms with Gasteiger partial charge in [0.2, 0.25) is 0 Å². The van der Waals surface area contributed by atoms with Crippen molar-refractivity contribution in [2.24, 2.45) is 0 Å². The average Bonchev–Trinajstić information content (AvgIpc) is 3.37. The summed E-state index contributed by atoms with van der Waals surface area (Å²) in [6, 6.07) is 20.3. The summed E-state index contributed by atoms with van der Waals surface area (Å²) in [5.74, 6) is 0.173. The number of sulfonamides is 1.